The molecule has 15 heavy (non-hydrogen) atoms. The van der Waals surface area contributed by atoms with E-state index in [2.05, 4.69) is 0 Å². The van der Waals surface area contributed by atoms with Crippen LogP contribution in [0.3, 0.4) is 0 Å². The normalized spacial score (nSPS) is 44.2. The van der Waals surface area contributed by atoms with E-state index in [0.717, 1.165) is 19.3 Å². The number of fused-ring (bicyclic) bond motifs is 2. The zero-order chi connectivity index (χ0) is 10.3. The molecule has 3 nitrogen and oxygen atoms in total. The maximum absolute atomic E-state index is 10.2. The van der Waals surface area contributed by atoms with Crippen molar-refractivity contribution in [2.24, 2.45) is 11.8 Å². The quantitative estimate of drug-likeness (QED) is 0.664. The topological polar surface area (TPSA) is 38.7 Å². The van der Waals surface area contributed by atoms with Gasteiger partial charge in [-0.15, -0.1) is 0 Å². The molecule has 86 valence electrons. The molecule has 2 saturated carbocycles. The number of hydrogen-bond donors (Lipinski definition) is 1. The van der Waals surface area contributed by atoms with Crippen LogP contribution in [0.25, 0.3) is 0 Å². The van der Waals surface area contributed by atoms with Gasteiger partial charge in [-0.05, 0) is 25.2 Å². The SMILES string of the molecule is O[C@H]1CCCC[C@H]2CCC3(OCCO3)[C@H]21. The lowest BCUT2D eigenvalue weighted by Crippen LogP contribution is -2.43. The molecule has 3 rings (SSSR count). The van der Waals surface area contributed by atoms with E-state index in [1.165, 1.54) is 19.3 Å². The predicted octanol–water partition coefficient (Wildman–Crippen LogP) is 1.69. The highest BCUT2D eigenvalue weighted by Gasteiger charge is 2.55. The van der Waals surface area contributed by atoms with Gasteiger partial charge < -0.3 is 14.6 Å². The second-order valence-electron chi connectivity index (χ2n) is 5.19. The van der Waals surface area contributed by atoms with Crippen molar-refractivity contribution in [2.75, 3.05) is 13.2 Å². The summed E-state index contributed by atoms with van der Waals surface area (Å²) in [5, 5.41) is 10.2. The van der Waals surface area contributed by atoms with Crippen LogP contribution in [0, 0.1) is 11.8 Å². The molecule has 0 amide bonds. The Kier molecular flexibility index (Phi) is 2.49. The van der Waals surface area contributed by atoms with E-state index in [4.69, 9.17) is 9.47 Å². The Bertz CT molecular complexity index is 235. The lowest BCUT2D eigenvalue weighted by atomic mass is 9.86. The van der Waals surface area contributed by atoms with Crippen molar-refractivity contribution in [2.45, 2.75) is 50.4 Å². The molecule has 0 aromatic heterocycles. The molecular weight excluding hydrogens is 192 g/mol. The Morgan fingerprint density at radius 2 is 1.73 bits per heavy atom. The van der Waals surface area contributed by atoms with Gasteiger partial charge in [0.05, 0.1) is 19.3 Å². The van der Waals surface area contributed by atoms with Crippen LogP contribution in [0.5, 0.6) is 0 Å². The van der Waals surface area contributed by atoms with Gasteiger partial charge in [0.2, 0.25) is 0 Å². The number of aliphatic hydroxyl groups excluding tert-OH is 1. The molecule has 1 heterocycles. The van der Waals surface area contributed by atoms with Crippen molar-refractivity contribution in [3.63, 3.8) is 0 Å². The first-order chi connectivity index (χ1) is 7.32. The van der Waals surface area contributed by atoms with Crippen molar-refractivity contribution in [1.29, 1.82) is 0 Å². The summed E-state index contributed by atoms with van der Waals surface area (Å²) < 4.78 is 11.6. The lowest BCUT2D eigenvalue weighted by Gasteiger charge is -2.34. The molecule has 3 fully saturated rings. The fourth-order valence-electron chi connectivity index (χ4n) is 3.77. The Hall–Kier alpha value is -0.120. The zero-order valence-corrected chi connectivity index (χ0v) is 9.15. The summed E-state index contributed by atoms with van der Waals surface area (Å²) >= 11 is 0. The number of hydrogen-bond acceptors (Lipinski definition) is 3. The van der Waals surface area contributed by atoms with Gasteiger partial charge in [0, 0.05) is 12.3 Å². The largest absolute Gasteiger partial charge is 0.393 e. The Balaban J connectivity index is 1.86. The molecule has 0 radical (unpaired) electrons. The van der Waals surface area contributed by atoms with E-state index in [-0.39, 0.29) is 12.0 Å². The minimum absolute atomic E-state index is 0.210. The minimum atomic E-state index is -0.408. The van der Waals surface area contributed by atoms with Gasteiger partial charge >= 0.3 is 0 Å². The average Bonchev–Trinajstić information content (AvgIpc) is 2.78. The van der Waals surface area contributed by atoms with Gasteiger partial charge in [-0.25, -0.2) is 0 Å². The van der Waals surface area contributed by atoms with E-state index in [9.17, 15) is 5.11 Å². The third kappa shape index (κ3) is 1.52. The van der Waals surface area contributed by atoms with Gasteiger partial charge in [0.15, 0.2) is 5.79 Å². The highest BCUT2D eigenvalue weighted by molar-refractivity contribution is 4.98. The molecule has 3 heteroatoms. The zero-order valence-electron chi connectivity index (χ0n) is 9.15. The van der Waals surface area contributed by atoms with Crippen molar-refractivity contribution in [1.82, 2.24) is 0 Å². The third-order valence-electron chi connectivity index (χ3n) is 4.39. The minimum Gasteiger partial charge on any atom is -0.393 e. The second kappa shape index (κ2) is 3.72. The molecule has 0 aromatic carbocycles. The molecule has 2 aliphatic carbocycles. The van der Waals surface area contributed by atoms with Crippen LogP contribution in [0.4, 0.5) is 0 Å². The van der Waals surface area contributed by atoms with E-state index in [1.807, 2.05) is 0 Å². The summed E-state index contributed by atoms with van der Waals surface area (Å²) in [6.07, 6.45) is 6.53. The van der Waals surface area contributed by atoms with Crippen molar-refractivity contribution in [3.05, 3.63) is 0 Å². The summed E-state index contributed by atoms with van der Waals surface area (Å²) in [6.45, 7) is 1.41. The van der Waals surface area contributed by atoms with Crippen LogP contribution in [-0.2, 0) is 9.47 Å². The number of rotatable bonds is 0. The molecular formula is C12H20O3. The first-order valence-electron chi connectivity index (χ1n) is 6.28. The molecule has 1 aliphatic heterocycles. The molecule has 1 spiro atoms. The highest BCUT2D eigenvalue weighted by Crippen LogP contribution is 2.51. The Labute approximate surface area is 90.8 Å². The van der Waals surface area contributed by atoms with Gasteiger partial charge in [0.25, 0.3) is 0 Å². The number of ether oxygens (including phenoxy) is 2. The van der Waals surface area contributed by atoms with E-state index in [1.54, 1.807) is 0 Å². The van der Waals surface area contributed by atoms with E-state index >= 15 is 0 Å². The summed E-state index contributed by atoms with van der Waals surface area (Å²) in [6, 6.07) is 0. The van der Waals surface area contributed by atoms with Crippen molar-refractivity contribution >= 4 is 0 Å². The molecule has 3 atom stereocenters. The van der Waals surface area contributed by atoms with Gasteiger partial charge in [0.1, 0.15) is 0 Å². The molecule has 1 N–H and O–H groups in total. The molecule has 0 bridgehead atoms. The van der Waals surface area contributed by atoms with Crippen LogP contribution < -0.4 is 0 Å². The van der Waals surface area contributed by atoms with Crippen molar-refractivity contribution in [3.8, 4) is 0 Å². The fourth-order valence-corrected chi connectivity index (χ4v) is 3.77. The predicted molar refractivity (Wildman–Crippen MR) is 55.3 cm³/mol. The van der Waals surface area contributed by atoms with Gasteiger partial charge in [-0.1, -0.05) is 12.8 Å². The molecule has 0 aromatic rings. The number of aliphatic hydroxyl groups is 1. The van der Waals surface area contributed by atoms with Crippen LogP contribution in [0.15, 0.2) is 0 Å². The lowest BCUT2D eigenvalue weighted by molar-refractivity contribution is -0.207. The summed E-state index contributed by atoms with van der Waals surface area (Å²) in [5.74, 6) is 0.456. The standard InChI is InChI=1S/C12H20O3/c13-10-4-2-1-3-9-5-6-12(11(9)10)14-7-8-15-12/h9-11,13H,1-8H2/t9-,10-,11+/m0/s1. The molecule has 1 saturated heterocycles. The van der Waals surface area contributed by atoms with Crippen LogP contribution in [-0.4, -0.2) is 30.2 Å². The molecule has 3 aliphatic rings. The average molecular weight is 212 g/mol. The van der Waals surface area contributed by atoms with Gasteiger partial charge in [-0.2, -0.15) is 0 Å². The smallest absolute Gasteiger partial charge is 0.174 e. The first-order valence-corrected chi connectivity index (χ1v) is 6.28. The van der Waals surface area contributed by atoms with Gasteiger partial charge in [-0.3, -0.25) is 0 Å². The summed E-state index contributed by atoms with van der Waals surface area (Å²) in [4.78, 5) is 0. The van der Waals surface area contributed by atoms with Crippen LogP contribution in [0.1, 0.15) is 38.5 Å². The maximum atomic E-state index is 10.2. The summed E-state index contributed by atoms with van der Waals surface area (Å²) in [7, 11) is 0. The fraction of sp³-hybridized carbons (Fsp3) is 1.00. The molecule has 0 unspecified atom stereocenters. The highest BCUT2D eigenvalue weighted by atomic mass is 16.7. The van der Waals surface area contributed by atoms with Crippen LogP contribution >= 0.6 is 0 Å². The maximum Gasteiger partial charge on any atom is 0.174 e. The van der Waals surface area contributed by atoms with E-state index in [0.29, 0.717) is 19.1 Å². The second-order valence-corrected chi connectivity index (χ2v) is 5.19. The first kappa shape index (κ1) is 10.1. The van der Waals surface area contributed by atoms with E-state index < -0.39 is 5.79 Å². The monoisotopic (exact) mass is 212 g/mol. The third-order valence-corrected chi connectivity index (χ3v) is 4.39. The Morgan fingerprint density at radius 1 is 1.00 bits per heavy atom. The van der Waals surface area contributed by atoms with Crippen molar-refractivity contribution < 1.29 is 14.6 Å². The van der Waals surface area contributed by atoms with Crippen LogP contribution in [0.2, 0.25) is 0 Å². The Morgan fingerprint density at radius 3 is 2.53 bits per heavy atom. The summed E-state index contributed by atoms with van der Waals surface area (Å²) in [5.41, 5.74) is 0.